The summed E-state index contributed by atoms with van der Waals surface area (Å²) in [5, 5.41) is 9.64. The van der Waals surface area contributed by atoms with Crippen LogP contribution in [0.1, 0.15) is 33.1 Å². The average molecular weight is 396 g/mol. The number of hydrogen-bond donors (Lipinski definition) is 1. The molecule has 0 radical (unpaired) electrons. The third kappa shape index (κ3) is 3.79. The van der Waals surface area contributed by atoms with Gasteiger partial charge in [0.2, 0.25) is 5.91 Å². The lowest BCUT2D eigenvalue weighted by molar-refractivity contribution is -0.123. The predicted molar refractivity (Wildman–Crippen MR) is 114 cm³/mol. The molecule has 3 atom stereocenters. The molecule has 0 bridgehead atoms. The quantitative estimate of drug-likeness (QED) is 0.651. The van der Waals surface area contributed by atoms with Crippen LogP contribution in [0.3, 0.4) is 0 Å². The highest BCUT2D eigenvalue weighted by Gasteiger charge is 2.28. The van der Waals surface area contributed by atoms with Gasteiger partial charge in [0, 0.05) is 22.0 Å². The molecule has 146 valence electrons. The molecule has 1 amide bonds. The van der Waals surface area contributed by atoms with E-state index in [2.05, 4.69) is 19.2 Å². The van der Waals surface area contributed by atoms with E-state index >= 15 is 0 Å². The number of carbonyl (C=O) groups excluding carboxylic acids is 1. The Kier molecular flexibility index (Phi) is 5.40. The number of halogens is 1. The number of amides is 1. The van der Waals surface area contributed by atoms with Crippen molar-refractivity contribution in [1.82, 2.24) is 15.1 Å². The Labute approximate surface area is 170 Å². The van der Waals surface area contributed by atoms with Gasteiger partial charge in [-0.25, -0.2) is 0 Å². The number of aromatic nitrogens is 2. The molecule has 1 saturated carbocycles. The van der Waals surface area contributed by atoms with Crippen molar-refractivity contribution in [3.8, 4) is 11.3 Å². The highest BCUT2D eigenvalue weighted by atomic mass is 35.5. The van der Waals surface area contributed by atoms with Crippen molar-refractivity contribution in [2.45, 2.75) is 45.7 Å². The Morgan fingerprint density at radius 3 is 2.75 bits per heavy atom. The first-order valence-corrected chi connectivity index (χ1v) is 10.4. The molecular formula is C23H26ClN3O. The Hall–Kier alpha value is -2.33. The Balaban J connectivity index is 1.61. The van der Waals surface area contributed by atoms with Crippen LogP contribution in [0.25, 0.3) is 22.2 Å². The maximum atomic E-state index is 12.8. The topological polar surface area (TPSA) is 46.9 Å². The van der Waals surface area contributed by atoms with Gasteiger partial charge in [-0.3, -0.25) is 9.48 Å². The van der Waals surface area contributed by atoms with E-state index in [9.17, 15) is 4.79 Å². The van der Waals surface area contributed by atoms with Crippen molar-refractivity contribution in [3.63, 3.8) is 0 Å². The molecule has 1 aliphatic carbocycles. The van der Waals surface area contributed by atoms with Gasteiger partial charge in [0.25, 0.3) is 0 Å². The maximum absolute atomic E-state index is 12.8. The van der Waals surface area contributed by atoms with E-state index in [1.54, 1.807) is 4.68 Å². The fourth-order valence-corrected chi connectivity index (χ4v) is 4.43. The third-order valence-corrected chi connectivity index (χ3v) is 6.34. The van der Waals surface area contributed by atoms with Gasteiger partial charge >= 0.3 is 0 Å². The smallest absolute Gasteiger partial charge is 0.241 e. The van der Waals surface area contributed by atoms with Gasteiger partial charge in [0.15, 0.2) is 0 Å². The van der Waals surface area contributed by atoms with Crippen LogP contribution in [-0.4, -0.2) is 21.7 Å². The minimum atomic E-state index is 0.0184. The van der Waals surface area contributed by atoms with Crippen LogP contribution in [0.5, 0.6) is 0 Å². The van der Waals surface area contributed by atoms with Gasteiger partial charge in [-0.15, -0.1) is 0 Å². The van der Waals surface area contributed by atoms with Gasteiger partial charge in [0.1, 0.15) is 12.2 Å². The van der Waals surface area contributed by atoms with Crippen LogP contribution in [0.4, 0.5) is 0 Å². The molecule has 1 heterocycles. The molecule has 1 fully saturated rings. The van der Waals surface area contributed by atoms with E-state index in [1.807, 2.05) is 48.5 Å². The second kappa shape index (κ2) is 7.96. The van der Waals surface area contributed by atoms with Gasteiger partial charge < -0.3 is 5.32 Å². The minimum absolute atomic E-state index is 0.0184. The van der Waals surface area contributed by atoms with Crippen molar-refractivity contribution in [2.75, 3.05) is 0 Å². The van der Waals surface area contributed by atoms with Crippen molar-refractivity contribution in [3.05, 3.63) is 53.6 Å². The molecule has 0 unspecified atom stereocenters. The zero-order chi connectivity index (χ0) is 19.7. The first-order chi connectivity index (χ1) is 13.5. The number of fused-ring (bicyclic) bond motifs is 1. The molecule has 0 spiro atoms. The normalized spacial score (nSPS) is 22.3. The summed E-state index contributed by atoms with van der Waals surface area (Å²) in [6.45, 7) is 4.73. The zero-order valence-corrected chi connectivity index (χ0v) is 17.1. The van der Waals surface area contributed by atoms with Crippen molar-refractivity contribution < 1.29 is 4.79 Å². The summed E-state index contributed by atoms with van der Waals surface area (Å²) < 4.78 is 1.79. The standard InChI is InChI=1S/C23H26ClN3O/c1-15-7-6-10-20(16(15)2)25-22(28)14-27-21-12-11-18(24)13-19(21)23(26-27)17-8-4-3-5-9-17/h3-5,8-9,11-13,15-16,20H,6-7,10,14H2,1-2H3,(H,25,28)/t15-,16-,20-/m1/s1. The molecule has 0 saturated heterocycles. The molecule has 0 aliphatic heterocycles. The fraction of sp³-hybridized carbons (Fsp3) is 0.391. The van der Waals surface area contributed by atoms with Crippen molar-refractivity contribution in [1.29, 1.82) is 0 Å². The lowest BCUT2D eigenvalue weighted by atomic mass is 9.78. The van der Waals surface area contributed by atoms with Crippen molar-refractivity contribution in [2.24, 2.45) is 11.8 Å². The molecule has 1 aromatic heterocycles. The van der Waals surface area contributed by atoms with E-state index in [0.29, 0.717) is 16.9 Å². The summed E-state index contributed by atoms with van der Waals surface area (Å²) in [5.74, 6) is 1.17. The molecule has 4 rings (SSSR count). The summed E-state index contributed by atoms with van der Waals surface area (Å²) in [5.41, 5.74) is 2.79. The fourth-order valence-electron chi connectivity index (χ4n) is 4.26. The van der Waals surface area contributed by atoms with Gasteiger partial charge in [-0.2, -0.15) is 5.10 Å². The summed E-state index contributed by atoms with van der Waals surface area (Å²) in [6, 6.07) is 16.0. The maximum Gasteiger partial charge on any atom is 0.241 e. The molecule has 1 N–H and O–H groups in total. The highest BCUT2D eigenvalue weighted by Crippen LogP contribution is 2.31. The monoisotopic (exact) mass is 395 g/mol. The lowest BCUT2D eigenvalue weighted by Crippen LogP contribution is -2.44. The first-order valence-electron chi connectivity index (χ1n) is 10.0. The van der Waals surface area contributed by atoms with Crippen LogP contribution in [-0.2, 0) is 11.3 Å². The average Bonchev–Trinajstić information content (AvgIpc) is 3.03. The minimum Gasteiger partial charge on any atom is -0.351 e. The molecule has 3 aromatic rings. The van der Waals surface area contributed by atoms with E-state index in [0.717, 1.165) is 28.6 Å². The summed E-state index contributed by atoms with van der Waals surface area (Å²) in [7, 11) is 0. The largest absolute Gasteiger partial charge is 0.351 e. The van der Waals surface area contributed by atoms with E-state index in [1.165, 1.54) is 12.8 Å². The molecule has 5 heteroatoms. The first kappa shape index (κ1) is 19.0. The summed E-state index contributed by atoms with van der Waals surface area (Å²) >= 11 is 6.24. The molecule has 2 aromatic carbocycles. The number of benzene rings is 2. The Morgan fingerprint density at radius 2 is 1.96 bits per heavy atom. The van der Waals surface area contributed by atoms with Crippen molar-refractivity contribution >= 4 is 28.4 Å². The Morgan fingerprint density at radius 1 is 1.18 bits per heavy atom. The second-order valence-electron chi connectivity index (χ2n) is 7.98. The third-order valence-electron chi connectivity index (χ3n) is 6.11. The Bertz CT molecular complexity index is 982. The zero-order valence-electron chi connectivity index (χ0n) is 16.4. The van der Waals surface area contributed by atoms with Gasteiger partial charge in [-0.05, 0) is 36.5 Å². The van der Waals surface area contributed by atoms with Crippen LogP contribution >= 0.6 is 11.6 Å². The number of nitrogens with one attached hydrogen (secondary N) is 1. The number of rotatable bonds is 4. The molecule has 28 heavy (non-hydrogen) atoms. The van der Waals surface area contributed by atoms with Gasteiger partial charge in [0.05, 0.1) is 5.52 Å². The molecular weight excluding hydrogens is 370 g/mol. The highest BCUT2D eigenvalue weighted by molar-refractivity contribution is 6.31. The summed E-state index contributed by atoms with van der Waals surface area (Å²) in [6.07, 6.45) is 3.48. The lowest BCUT2D eigenvalue weighted by Gasteiger charge is -2.34. The van der Waals surface area contributed by atoms with E-state index in [4.69, 9.17) is 16.7 Å². The van der Waals surface area contributed by atoms with E-state index in [-0.39, 0.29) is 18.5 Å². The second-order valence-corrected chi connectivity index (χ2v) is 8.41. The molecule has 4 nitrogen and oxygen atoms in total. The molecule has 1 aliphatic rings. The van der Waals surface area contributed by atoms with Crippen LogP contribution in [0.15, 0.2) is 48.5 Å². The van der Waals surface area contributed by atoms with Crippen LogP contribution < -0.4 is 5.32 Å². The van der Waals surface area contributed by atoms with Gasteiger partial charge in [-0.1, -0.05) is 68.6 Å². The number of hydrogen-bond acceptors (Lipinski definition) is 2. The predicted octanol–water partition coefficient (Wildman–Crippen LogP) is 5.30. The SMILES string of the molecule is C[C@@H]1[C@H](C)CCC[C@H]1NC(=O)Cn1nc(-c2ccccc2)c2cc(Cl)ccc21. The number of carbonyl (C=O) groups is 1. The van der Waals surface area contributed by atoms with Crippen LogP contribution in [0, 0.1) is 11.8 Å². The summed E-state index contributed by atoms with van der Waals surface area (Å²) in [4.78, 5) is 12.8. The van der Waals surface area contributed by atoms with E-state index < -0.39 is 0 Å². The number of nitrogens with zero attached hydrogens (tertiary/aromatic N) is 2. The van der Waals surface area contributed by atoms with Crippen LogP contribution in [0.2, 0.25) is 5.02 Å².